The van der Waals surface area contributed by atoms with Crippen LogP contribution in [0, 0.1) is 5.92 Å². The molecule has 0 saturated heterocycles. The quantitative estimate of drug-likeness (QED) is 0.794. The van der Waals surface area contributed by atoms with Crippen LogP contribution in [0.25, 0.3) is 0 Å². The van der Waals surface area contributed by atoms with Gasteiger partial charge in [0.05, 0.1) is 11.4 Å². The molecule has 1 saturated carbocycles. The number of hydrogen-bond donors (Lipinski definition) is 2. The lowest BCUT2D eigenvalue weighted by Gasteiger charge is -2.12. The Labute approximate surface area is 109 Å². The van der Waals surface area contributed by atoms with Crippen LogP contribution in [0.5, 0.6) is 0 Å². The fourth-order valence-electron chi connectivity index (χ4n) is 1.84. The Kier molecular flexibility index (Phi) is 4.24. The maximum atomic E-state index is 11.9. The number of para-hydroxylation sites is 1. The van der Waals surface area contributed by atoms with Gasteiger partial charge in [-0.05, 0) is 36.9 Å². The van der Waals surface area contributed by atoms with Gasteiger partial charge in [-0.25, -0.2) is 8.42 Å². The standard InChI is InChI=1S/C13H20N2O2S/c1-2-14-9-12-5-3-4-6-13(12)15-18(16,17)10-11-7-8-11/h3-6,11,14-15H,2,7-10H2,1H3. The van der Waals surface area contributed by atoms with Crippen molar-refractivity contribution in [2.24, 2.45) is 5.92 Å². The minimum atomic E-state index is -3.20. The molecule has 1 fully saturated rings. The molecule has 0 heterocycles. The van der Waals surface area contributed by atoms with E-state index in [1.54, 1.807) is 0 Å². The third-order valence-corrected chi connectivity index (χ3v) is 4.44. The first-order chi connectivity index (χ1) is 8.61. The van der Waals surface area contributed by atoms with Crippen molar-refractivity contribution in [3.05, 3.63) is 29.8 Å². The molecule has 2 rings (SSSR count). The van der Waals surface area contributed by atoms with Crippen molar-refractivity contribution in [3.8, 4) is 0 Å². The molecular formula is C13H20N2O2S. The molecule has 0 amide bonds. The van der Waals surface area contributed by atoms with E-state index in [0.29, 0.717) is 18.2 Å². The van der Waals surface area contributed by atoms with Crippen LogP contribution in [-0.4, -0.2) is 20.7 Å². The summed E-state index contributed by atoms with van der Waals surface area (Å²) in [7, 11) is -3.20. The number of benzene rings is 1. The average molecular weight is 268 g/mol. The predicted octanol–water partition coefficient (Wildman–Crippen LogP) is 1.95. The second kappa shape index (κ2) is 5.71. The van der Waals surface area contributed by atoms with Crippen molar-refractivity contribution in [1.82, 2.24) is 5.32 Å². The average Bonchev–Trinajstić information content (AvgIpc) is 3.10. The Morgan fingerprint density at radius 2 is 2.00 bits per heavy atom. The molecule has 0 unspecified atom stereocenters. The monoisotopic (exact) mass is 268 g/mol. The molecule has 1 aromatic rings. The molecule has 0 radical (unpaired) electrons. The van der Waals surface area contributed by atoms with Gasteiger partial charge in [0.25, 0.3) is 0 Å². The molecular weight excluding hydrogens is 248 g/mol. The molecule has 1 aliphatic carbocycles. The number of nitrogens with one attached hydrogen (secondary N) is 2. The Balaban J connectivity index is 2.07. The van der Waals surface area contributed by atoms with Gasteiger partial charge in [0.2, 0.25) is 10.0 Å². The van der Waals surface area contributed by atoms with Crippen LogP contribution in [0.15, 0.2) is 24.3 Å². The zero-order chi connectivity index (χ0) is 13.0. The van der Waals surface area contributed by atoms with Crippen LogP contribution in [0.2, 0.25) is 0 Å². The fourth-order valence-corrected chi connectivity index (χ4v) is 3.41. The molecule has 0 spiro atoms. The third-order valence-electron chi connectivity index (χ3n) is 3.00. The van der Waals surface area contributed by atoms with Crippen molar-refractivity contribution in [2.45, 2.75) is 26.3 Å². The molecule has 4 nitrogen and oxygen atoms in total. The van der Waals surface area contributed by atoms with E-state index in [1.165, 1.54) is 0 Å². The number of rotatable bonds is 7. The van der Waals surface area contributed by atoms with Gasteiger partial charge in [-0.1, -0.05) is 25.1 Å². The van der Waals surface area contributed by atoms with Gasteiger partial charge >= 0.3 is 0 Å². The Morgan fingerprint density at radius 1 is 1.28 bits per heavy atom. The summed E-state index contributed by atoms with van der Waals surface area (Å²) >= 11 is 0. The van der Waals surface area contributed by atoms with Crippen LogP contribution in [-0.2, 0) is 16.6 Å². The van der Waals surface area contributed by atoms with Crippen molar-refractivity contribution in [3.63, 3.8) is 0 Å². The van der Waals surface area contributed by atoms with E-state index < -0.39 is 10.0 Å². The van der Waals surface area contributed by atoms with Crippen molar-refractivity contribution >= 4 is 15.7 Å². The maximum Gasteiger partial charge on any atom is 0.233 e. The molecule has 1 aliphatic rings. The second-order valence-corrected chi connectivity index (χ2v) is 6.53. The number of hydrogen-bond acceptors (Lipinski definition) is 3. The van der Waals surface area contributed by atoms with Crippen LogP contribution in [0.1, 0.15) is 25.3 Å². The summed E-state index contributed by atoms with van der Waals surface area (Å²) in [6.07, 6.45) is 2.08. The van der Waals surface area contributed by atoms with E-state index in [2.05, 4.69) is 10.0 Å². The Hall–Kier alpha value is -1.07. The van der Waals surface area contributed by atoms with Gasteiger partial charge in [0.15, 0.2) is 0 Å². The number of sulfonamides is 1. The highest BCUT2D eigenvalue weighted by atomic mass is 32.2. The lowest BCUT2D eigenvalue weighted by atomic mass is 10.2. The Morgan fingerprint density at radius 3 is 2.67 bits per heavy atom. The fraction of sp³-hybridized carbons (Fsp3) is 0.538. The van der Waals surface area contributed by atoms with Gasteiger partial charge in [-0.2, -0.15) is 0 Å². The zero-order valence-corrected chi connectivity index (χ0v) is 11.5. The summed E-state index contributed by atoms with van der Waals surface area (Å²) in [5, 5.41) is 3.21. The van der Waals surface area contributed by atoms with E-state index in [4.69, 9.17) is 0 Å². The molecule has 0 atom stereocenters. The molecule has 1 aromatic carbocycles. The third kappa shape index (κ3) is 3.99. The molecule has 2 N–H and O–H groups in total. The maximum absolute atomic E-state index is 11.9. The van der Waals surface area contributed by atoms with E-state index in [1.807, 2.05) is 31.2 Å². The van der Waals surface area contributed by atoms with Crippen molar-refractivity contribution in [2.75, 3.05) is 17.0 Å². The first-order valence-corrected chi connectivity index (χ1v) is 8.05. The van der Waals surface area contributed by atoms with Gasteiger partial charge in [-0.15, -0.1) is 0 Å². The van der Waals surface area contributed by atoms with Crippen LogP contribution >= 0.6 is 0 Å². The summed E-state index contributed by atoms with van der Waals surface area (Å²) in [6, 6.07) is 7.53. The largest absolute Gasteiger partial charge is 0.313 e. The summed E-state index contributed by atoms with van der Waals surface area (Å²) in [5.74, 6) is 0.617. The molecule has 18 heavy (non-hydrogen) atoms. The first kappa shape index (κ1) is 13.4. The SMILES string of the molecule is CCNCc1ccccc1NS(=O)(=O)CC1CC1. The highest BCUT2D eigenvalue weighted by Gasteiger charge is 2.28. The van der Waals surface area contributed by atoms with Gasteiger partial charge < -0.3 is 5.32 Å². The second-order valence-electron chi connectivity index (χ2n) is 4.76. The minimum Gasteiger partial charge on any atom is -0.313 e. The normalized spacial score (nSPS) is 15.6. The smallest absolute Gasteiger partial charge is 0.233 e. The lowest BCUT2D eigenvalue weighted by Crippen LogP contribution is -2.20. The van der Waals surface area contributed by atoms with E-state index in [-0.39, 0.29) is 5.75 Å². The van der Waals surface area contributed by atoms with Gasteiger partial charge in [0.1, 0.15) is 0 Å². The van der Waals surface area contributed by atoms with Crippen molar-refractivity contribution < 1.29 is 8.42 Å². The van der Waals surface area contributed by atoms with E-state index in [9.17, 15) is 8.42 Å². The summed E-state index contributed by atoms with van der Waals surface area (Å²) in [4.78, 5) is 0. The molecule has 0 aliphatic heterocycles. The highest BCUT2D eigenvalue weighted by Crippen LogP contribution is 2.31. The van der Waals surface area contributed by atoms with Crippen LogP contribution in [0.4, 0.5) is 5.69 Å². The van der Waals surface area contributed by atoms with E-state index in [0.717, 1.165) is 24.9 Å². The predicted molar refractivity (Wildman–Crippen MR) is 74.0 cm³/mol. The van der Waals surface area contributed by atoms with Crippen molar-refractivity contribution in [1.29, 1.82) is 0 Å². The first-order valence-electron chi connectivity index (χ1n) is 6.40. The lowest BCUT2D eigenvalue weighted by molar-refractivity contribution is 0.597. The molecule has 100 valence electrons. The van der Waals surface area contributed by atoms with E-state index >= 15 is 0 Å². The zero-order valence-electron chi connectivity index (χ0n) is 10.6. The van der Waals surface area contributed by atoms with Gasteiger partial charge in [0, 0.05) is 6.54 Å². The minimum absolute atomic E-state index is 0.253. The molecule has 0 bridgehead atoms. The molecule has 5 heteroatoms. The number of anilines is 1. The highest BCUT2D eigenvalue weighted by molar-refractivity contribution is 7.92. The van der Waals surface area contributed by atoms with Crippen LogP contribution < -0.4 is 10.0 Å². The Bertz CT molecular complexity index is 495. The summed E-state index contributed by atoms with van der Waals surface area (Å²) in [5.41, 5.74) is 1.68. The molecule has 0 aromatic heterocycles. The van der Waals surface area contributed by atoms with Crippen LogP contribution in [0.3, 0.4) is 0 Å². The summed E-state index contributed by atoms with van der Waals surface area (Å²) < 4.78 is 26.6. The topological polar surface area (TPSA) is 58.2 Å². The summed E-state index contributed by atoms with van der Waals surface area (Å²) in [6.45, 7) is 3.57. The van der Waals surface area contributed by atoms with Gasteiger partial charge in [-0.3, -0.25) is 4.72 Å².